The van der Waals surface area contributed by atoms with Gasteiger partial charge in [0, 0.05) is 23.9 Å². The molecule has 1 aliphatic rings. The summed E-state index contributed by atoms with van der Waals surface area (Å²) in [4.78, 5) is 1.60. The third-order valence-electron chi connectivity index (χ3n) is 3.59. The number of ether oxygens (including phenoxy) is 1. The molecule has 1 N–H and O–H groups in total. The fraction of sp³-hybridized carbons (Fsp3) is 0.714. The lowest BCUT2D eigenvalue weighted by atomic mass is 9.82. The number of hydrogen-bond acceptors (Lipinski definition) is 3. The van der Waals surface area contributed by atoms with E-state index in [1.165, 1.54) is 25.7 Å². The monoisotopic (exact) mass is 253 g/mol. The van der Waals surface area contributed by atoms with Crippen molar-refractivity contribution in [3.05, 3.63) is 21.9 Å². The van der Waals surface area contributed by atoms with Crippen LogP contribution >= 0.6 is 11.3 Å². The van der Waals surface area contributed by atoms with E-state index in [-0.39, 0.29) is 0 Å². The molecule has 2 rings (SSSR count). The lowest BCUT2D eigenvalue weighted by molar-refractivity contribution is 0.151. The molecular formula is C14H23NOS. The van der Waals surface area contributed by atoms with Gasteiger partial charge in [0.25, 0.3) is 0 Å². The molecule has 1 aromatic rings. The predicted octanol–water partition coefficient (Wildman–Crippen LogP) is 3.18. The van der Waals surface area contributed by atoms with Gasteiger partial charge < -0.3 is 10.1 Å². The minimum atomic E-state index is 0.480. The van der Waals surface area contributed by atoms with E-state index >= 15 is 0 Å². The SMILES string of the molecule is CCCNC(COC)C1CCCc2sccc21. The molecule has 17 heavy (non-hydrogen) atoms. The number of aryl methyl sites for hydroxylation is 1. The first-order valence-electron chi connectivity index (χ1n) is 6.65. The predicted molar refractivity (Wildman–Crippen MR) is 74.0 cm³/mol. The molecule has 3 heteroatoms. The van der Waals surface area contributed by atoms with Crippen LogP contribution < -0.4 is 5.32 Å². The highest BCUT2D eigenvalue weighted by Crippen LogP contribution is 2.37. The van der Waals surface area contributed by atoms with Gasteiger partial charge in [-0.2, -0.15) is 0 Å². The highest BCUT2D eigenvalue weighted by atomic mass is 32.1. The Morgan fingerprint density at radius 3 is 3.24 bits per heavy atom. The number of methoxy groups -OCH3 is 1. The summed E-state index contributed by atoms with van der Waals surface area (Å²) >= 11 is 1.92. The molecule has 0 aliphatic heterocycles. The van der Waals surface area contributed by atoms with Crippen LogP contribution in [0.3, 0.4) is 0 Å². The summed E-state index contributed by atoms with van der Waals surface area (Å²) in [7, 11) is 1.80. The molecule has 0 saturated carbocycles. The molecule has 0 radical (unpaired) electrons. The lowest BCUT2D eigenvalue weighted by Gasteiger charge is -2.31. The summed E-state index contributed by atoms with van der Waals surface area (Å²) in [6, 6.07) is 2.80. The van der Waals surface area contributed by atoms with Gasteiger partial charge in [-0.3, -0.25) is 0 Å². The Bertz CT molecular complexity index is 337. The van der Waals surface area contributed by atoms with Crippen molar-refractivity contribution in [3.8, 4) is 0 Å². The maximum Gasteiger partial charge on any atom is 0.0621 e. The van der Waals surface area contributed by atoms with Crippen LogP contribution in [-0.2, 0) is 11.2 Å². The summed E-state index contributed by atoms with van der Waals surface area (Å²) in [5, 5.41) is 5.89. The van der Waals surface area contributed by atoms with E-state index in [4.69, 9.17) is 4.74 Å². The van der Waals surface area contributed by atoms with Crippen molar-refractivity contribution in [1.29, 1.82) is 0 Å². The molecule has 0 aromatic carbocycles. The van der Waals surface area contributed by atoms with Gasteiger partial charge in [-0.15, -0.1) is 11.3 Å². The average molecular weight is 253 g/mol. The van der Waals surface area contributed by atoms with Gasteiger partial charge in [-0.25, -0.2) is 0 Å². The number of nitrogens with one attached hydrogen (secondary N) is 1. The van der Waals surface area contributed by atoms with E-state index in [0.717, 1.165) is 13.2 Å². The highest BCUT2D eigenvalue weighted by Gasteiger charge is 2.28. The molecule has 1 aliphatic carbocycles. The van der Waals surface area contributed by atoms with Crippen molar-refractivity contribution in [2.45, 2.75) is 44.6 Å². The molecule has 1 aromatic heterocycles. The molecule has 0 amide bonds. The van der Waals surface area contributed by atoms with Gasteiger partial charge in [0.05, 0.1) is 6.61 Å². The Labute approximate surface area is 108 Å². The molecule has 0 spiro atoms. The minimum Gasteiger partial charge on any atom is -0.383 e. The quantitative estimate of drug-likeness (QED) is 0.840. The summed E-state index contributed by atoms with van der Waals surface area (Å²) in [5.41, 5.74) is 1.58. The molecule has 0 bridgehead atoms. The van der Waals surface area contributed by atoms with Crippen molar-refractivity contribution in [2.24, 2.45) is 0 Å². The first-order valence-corrected chi connectivity index (χ1v) is 7.53. The van der Waals surface area contributed by atoms with Crippen molar-refractivity contribution >= 4 is 11.3 Å². The van der Waals surface area contributed by atoms with Crippen LogP contribution in [0.15, 0.2) is 11.4 Å². The van der Waals surface area contributed by atoms with Gasteiger partial charge in [0.2, 0.25) is 0 Å². The minimum absolute atomic E-state index is 0.480. The summed E-state index contributed by atoms with van der Waals surface area (Å²) in [5.74, 6) is 0.650. The van der Waals surface area contributed by atoms with Crippen LogP contribution in [0, 0.1) is 0 Å². The molecule has 2 nitrogen and oxygen atoms in total. The lowest BCUT2D eigenvalue weighted by Crippen LogP contribution is -2.40. The first-order chi connectivity index (χ1) is 8.36. The molecule has 2 unspecified atom stereocenters. The smallest absolute Gasteiger partial charge is 0.0621 e. The maximum absolute atomic E-state index is 5.39. The van der Waals surface area contributed by atoms with Crippen LogP contribution in [0.25, 0.3) is 0 Å². The largest absolute Gasteiger partial charge is 0.383 e. The number of hydrogen-bond donors (Lipinski definition) is 1. The maximum atomic E-state index is 5.39. The van der Waals surface area contributed by atoms with Crippen molar-refractivity contribution in [3.63, 3.8) is 0 Å². The van der Waals surface area contributed by atoms with Crippen molar-refractivity contribution in [2.75, 3.05) is 20.3 Å². The van der Waals surface area contributed by atoms with Crippen LogP contribution in [0.5, 0.6) is 0 Å². The Morgan fingerprint density at radius 1 is 1.59 bits per heavy atom. The van der Waals surface area contributed by atoms with E-state index < -0.39 is 0 Å². The summed E-state index contributed by atoms with van der Waals surface area (Å²) in [6.45, 7) is 4.12. The zero-order valence-electron chi connectivity index (χ0n) is 10.9. The van der Waals surface area contributed by atoms with Crippen LogP contribution in [0.2, 0.25) is 0 Å². The van der Waals surface area contributed by atoms with E-state index in [1.807, 2.05) is 11.3 Å². The summed E-state index contributed by atoms with van der Waals surface area (Å²) < 4.78 is 5.39. The molecule has 1 heterocycles. The zero-order valence-corrected chi connectivity index (χ0v) is 11.7. The van der Waals surface area contributed by atoms with E-state index in [2.05, 4.69) is 23.7 Å². The Kier molecular flexibility index (Phi) is 5.01. The molecule has 96 valence electrons. The van der Waals surface area contributed by atoms with Gasteiger partial charge in [-0.05, 0) is 49.2 Å². The zero-order chi connectivity index (χ0) is 12.1. The van der Waals surface area contributed by atoms with E-state index in [9.17, 15) is 0 Å². The van der Waals surface area contributed by atoms with E-state index in [1.54, 1.807) is 17.6 Å². The number of rotatable bonds is 6. The van der Waals surface area contributed by atoms with Crippen molar-refractivity contribution in [1.82, 2.24) is 5.32 Å². The molecule has 2 atom stereocenters. The second kappa shape index (κ2) is 6.53. The van der Waals surface area contributed by atoms with Crippen LogP contribution in [-0.4, -0.2) is 26.3 Å². The first kappa shape index (κ1) is 13.1. The highest BCUT2D eigenvalue weighted by molar-refractivity contribution is 7.10. The van der Waals surface area contributed by atoms with Crippen LogP contribution in [0.1, 0.15) is 42.5 Å². The second-order valence-electron chi connectivity index (χ2n) is 4.81. The molecule has 0 fully saturated rings. The normalized spacial score (nSPS) is 21.2. The Morgan fingerprint density at radius 2 is 2.47 bits per heavy atom. The van der Waals surface area contributed by atoms with Crippen LogP contribution in [0.4, 0.5) is 0 Å². The topological polar surface area (TPSA) is 21.3 Å². The standard InChI is InChI=1S/C14H23NOS/c1-3-8-15-13(10-16-2)11-5-4-6-14-12(11)7-9-17-14/h7,9,11,13,15H,3-6,8,10H2,1-2H3. The number of fused-ring (bicyclic) bond motifs is 1. The number of thiophene rings is 1. The second-order valence-corrected chi connectivity index (χ2v) is 5.81. The Balaban J connectivity index is 2.09. The average Bonchev–Trinajstić information content (AvgIpc) is 2.82. The van der Waals surface area contributed by atoms with Crippen molar-refractivity contribution < 1.29 is 4.74 Å². The summed E-state index contributed by atoms with van der Waals surface area (Å²) in [6.07, 6.45) is 5.08. The molecule has 0 saturated heterocycles. The van der Waals surface area contributed by atoms with Gasteiger partial charge in [0.15, 0.2) is 0 Å². The van der Waals surface area contributed by atoms with E-state index in [0.29, 0.717) is 12.0 Å². The molecular weight excluding hydrogens is 230 g/mol. The third-order valence-corrected chi connectivity index (χ3v) is 4.58. The fourth-order valence-corrected chi connectivity index (χ4v) is 3.76. The van der Waals surface area contributed by atoms with Gasteiger partial charge in [0.1, 0.15) is 0 Å². The van der Waals surface area contributed by atoms with Gasteiger partial charge in [-0.1, -0.05) is 6.92 Å². The third kappa shape index (κ3) is 3.09. The fourth-order valence-electron chi connectivity index (χ4n) is 2.77. The van der Waals surface area contributed by atoms with Gasteiger partial charge >= 0.3 is 0 Å². The Hall–Kier alpha value is -0.380.